The lowest BCUT2D eigenvalue weighted by atomic mass is 9.90. The molecular weight excluding hydrogens is 632 g/mol. The maximum absolute atomic E-state index is 14.7. The lowest BCUT2D eigenvalue weighted by Crippen LogP contribution is -2.79. The van der Waals surface area contributed by atoms with Gasteiger partial charge in [0.05, 0.1) is 23.9 Å². The molecule has 3 atom stereocenters. The maximum Gasteiger partial charge on any atom is 0.324 e. The van der Waals surface area contributed by atoms with E-state index in [2.05, 4.69) is 72.5 Å². The average Bonchev–Trinajstić information content (AvgIpc) is 3.78. The molecule has 270 valence electrons. The summed E-state index contributed by atoms with van der Waals surface area (Å²) in [4.78, 5) is 41.1. The van der Waals surface area contributed by atoms with Crippen LogP contribution >= 0.6 is 0 Å². The van der Waals surface area contributed by atoms with Gasteiger partial charge in [-0.1, -0.05) is 12.6 Å². The molecule has 4 saturated heterocycles. The lowest BCUT2D eigenvalue weighted by molar-refractivity contribution is -0.132. The van der Waals surface area contributed by atoms with E-state index < -0.39 is 5.79 Å². The number of amides is 3. The summed E-state index contributed by atoms with van der Waals surface area (Å²) in [6, 6.07) is 4.71. The number of nitrogens with zero attached hydrogens (tertiary/aromatic N) is 8. The highest BCUT2D eigenvalue weighted by molar-refractivity contribution is 5.94. The van der Waals surface area contributed by atoms with Crippen molar-refractivity contribution >= 4 is 28.5 Å². The van der Waals surface area contributed by atoms with Gasteiger partial charge in [0, 0.05) is 94.8 Å². The standard InChI is InChI=1S/C37H54N10O3/c1-4-33(48)42-19-21-45(22-20-42)37(44-17-13-38-14-18-44)30-12-16-43(26-32(30)46(36(49)40-37)25-28-8-7-15-41(28)3)35-27(2)10-11-31-29(35)24-39-47(31)34-9-5-6-23-50-34/h4,10-11,24,28,34,38H,1,5-9,12-23,25-26H2,2-3H3,(H,40,49)/t28-,34?,37?/m0/s1. The molecule has 13 heteroatoms. The predicted octanol–water partition coefficient (Wildman–Crippen LogP) is 2.52. The second-order valence-electron chi connectivity index (χ2n) is 14.9. The zero-order valence-corrected chi connectivity index (χ0v) is 29.9. The van der Waals surface area contributed by atoms with Crippen molar-refractivity contribution in [2.24, 2.45) is 0 Å². The summed E-state index contributed by atoms with van der Waals surface area (Å²) in [6.07, 6.45) is 9.69. The van der Waals surface area contributed by atoms with Crippen molar-refractivity contribution in [1.29, 1.82) is 0 Å². The molecular formula is C37H54N10O3. The van der Waals surface area contributed by atoms with Crippen LogP contribution in [0, 0.1) is 6.92 Å². The number of piperazine rings is 2. The third-order valence-corrected chi connectivity index (χ3v) is 12.2. The molecule has 1 aromatic heterocycles. The van der Waals surface area contributed by atoms with E-state index >= 15 is 0 Å². The van der Waals surface area contributed by atoms with E-state index in [1.807, 2.05) is 11.1 Å². The Morgan fingerprint density at radius 3 is 2.56 bits per heavy atom. The second kappa shape index (κ2) is 13.9. The fourth-order valence-electron chi connectivity index (χ4n) is 9.48. The molecule has 6 aliphatic heterocycles. The van der Waals surface area contributed by atoms with Crippen molar-refractivity contribution in [3.63, 3.8) is 0 Å². The zero-order valence-electron chi connectivity index (χ0n) is 29.9. The van der Waals surface area contributed by atoms with Crippen LogP contribution in [-0.4, -0.2) is 150 Å². The van der Waals surface area contributed by atoms with Crippen molar-refractivity contribution in [2.75, 3.05) is 97.1 Å². The minimum atomic E-state index is -0.744. The molecule has 8 rings (SSSR count). The second-order valence-corrected chi connectivity index (χ2v) is 14.9. The number of anilines is 1. The van der Waals surface area contributed by atoms with Gasteiger partial charge in [-0.2, -0.15) is 5.10 Å². The summed E-state index contributed by atoms with van der Waals surface area (Å²) in [7, 11) is 2.19. The average molecular weight is 687 g/mol. The van der Waals surface area contributed by atoms with Crippen LogP contribution in [0.1, 0.15) is 50.3 Å². The van der Waals surface area contributed by atoms with Crippen LogP contribution in [0.2, 0.25) is 0 Å². The van der Waals surface area contributed by atoms with Gasteiger partial charge in [-0.05, 0) is 76.7 Å². The first-order chi connectivity index (χ1) is 24.4. The Labute approximate surface area is 295 Å². The summed E-state index contributed by atoms with van der Waals surface area (Å²) in [6.45, 7) is 15.9. The third-order valence-electron chi connectivity index (χ3n) is 12.2. The SMILES string of the molecule is C=CC(=O)N1CCN(C2(N3CCNCC3)NC(=O)N(C[C@@H]3CCCN3C)C3=C2CCN(c2c(C)ccc4c2cnn4C2CCCCO2)C3)CC1. The van der Waals surface area contributed by atoms with Gasteiger partial charge >= 0.3 is 6.03 Å². The van der Waals surface area contributed by atoms with Crippen molar-refractivity contribution in [1.82, 2.24) is 44.9 Å². The topological polar surface area (TPSA) is 105 Å². The molecule has 4 fully saturated rings. The van der Waals surface area contributed by atoms with Crippen molar-refractivity contribution in [2.45, 2.75) is 63.5 Å². The first-order valence-electron chi connectivity index (χ1n) is 18.9. The Balaban J connectivity index is 1.21. The number of likely N-dealkylation sites (tertiary alicyclic amines) is 1. The number of hydrogen-bond donors (Lipinski definition) is 2. The number of carbonyl (C=O) groups is 2. The molecule has 7 heterocycles. The first kappa shape index (κ1) is 33.6. The molecule has 50 heavy (non-hydrogen) atoms. The number of nitrogens with one attached hydrogen (secondary N) is 2. The van der Waals surface area contributed by atoms with Gasteiger partial charge in [-0.25, -0.2) is 9.48 Å². The number of aromatic nitrogens is 2. The fraction of sp³-hybridized carbons (Fsp3) is 0.649. The van der Waals surface area contributed by atoms with Gasteiger partial charge in [-0.3, -0.25) is 19.5 Å². The summed E-state index contributed by atoms with van der Waals surface area (Å²) >= 11 is 0. The number of urea groups is 1. The largest absolute Gasteiger partial charge is 0.365 e. The van der Waals surface area contributed by atoms with Gasteiger partial charge < -0.3 is 30.1 Å². The quantitative estimate of drug-likeness (QED) is 0.426. The minimum absolute atomic E-state index is 0.0220. The molecule has 6 aliphatic rings. The number of carbonyl (C=O) groups excluding carboxylic acids is 2. The van der Waals surface area contributed by atoms with E-state index in [1.54, 1.807) is 0 Å². The van der Waals surface area contributed by atoms with Crippen LogP contribution < -0.4 is 15.5 Å². The zero-order chi connectivity index (χ0) is 34.4. The molecule has 2 N–H and O–H groups in total. The summed E-state index contributed by atoms with van der Waals surface area (Å²) in [5.41, 5.74) is 5.94. The van der Waals surface area contributed by atoms with Gasteiger partial charge in [0.1, 0.15) is 0 Å². The Bertz CT molecular complexity index is 1640. The molecule has 1 aromatic carbocycles. The number of likely N-dealkylation sites (N-methyl/N-ethyl adjacent to an activating group) is 1. The monoisotopic (exact) mass is 686 g/mol. The van der Waals surface area contributed by atoms with Crippen LogP contribution in [0.15, 0.2) is 42.3 Å². The molecule has 0 radical (unpaired) electrons. The summed E-state index contributed by atoms with van der Waals surface area (Å²) in [5, 5.41) is 13.2. The molecule has 0 spiro atoms. The number of benzene rings is 1. The summed E-state index contributed by atoms with van der Waals surface area (Å²) < 4.78 is 8.24. The van der Waals surface area contributed by atoms with E-state index in [1.165, 1.54) is 22.9 Å². The molecule has 0 saturated carbocycles. The molecule has 0 aliphatic carbocycles. The predicted molar refractivity (Wildman–Crippen MR) is 194 cm³/mol. The van der Waals surface area contributed by atoms with Crippen LogP contribution in [0.3, 0.4) is 0 Å². The molecule has 3 amide bonds. The normalized spacial score (nSPS) is 29.1. The van der Waals surface area contributed by atoms with E-state index in [0.717, 1.165) is 101 Å². The molecule has 13 nitrogen and oxygen atoms in total. The number of fused-ring (bicyclic) bond motifs is 1. The number of aryl methyl sites for hydroxylation is 1. The maximum atomic E-state index is 14.7. The number of rotatable bonds is 7. The van der Waals surface area contributed by atoms with Crippen LogP contribution in [-0.2, 0) is 9.53 Å². The highest BCUT2D eigenvalue weighted by atomic mass is 16.5. The highest BCUT2D eigenvalue weighted by Crippen LogP contribution is 2.43. The Morgan fingerprint density at radius 2 is 1.84 bits per heavy atom. The molecule has 2 aromatic rings. The van der Waals surface area contributed by atoms with Crippen molar-refractivity contribution < 1.29 is 14.3 Å². The van der Waals surface area contributed by atoms with Crippen LogP contribution in [0.25, 0.3) is 10.9 Å². The number of hydrogen-bond acceptors (Lipinski definition) is 9. The third kappa shape index (κ3) is 5.80. The molecule has 0 bridgehead atoms. The Hall–Kier alpha value is -3.49. The van der Waals surface area contributed by atoms with Gasteiger partial charge in [0.2, 0.25) is 5.91 Å². The van der Waals surface area contributed by atoms with E-state index in [0.29, 0.717) is 45.3 Å². The van der Waals surface area contributed by atoms with E-state index in [4.69, 9.17) is 9.84 Å². The van der Waals surface area contributed by atoms with Crippen LogP contribution in [0.4, 0.5) is 10.5 Å². The highest BCUT2D eigenvalue weighted by Gasteiger charge is 2.54. The Kier molecular flexibility index (Phi) is 9.36. The van der Waals surface area contributed by atoms with Gasteiger partial charge in [0.15, 0.2) is 12.0 Å². The molecule has 2 unspecified atom stereocenters. The Morgan fingerprint density at radius 1 is 1.04 bits per heavy atom. The van der Waals surface area contributed by atoms with Crippen molar-refractivity contribution in [3.05, 3.63) is 47.8 Å². The minimum Gasteiger partial charge on any atom is -0.365 e. The van der Waals surface area contributed by atoms with E-state index in [9.17, 15) is 9.59 Å². The lowest BCUT2D eigenvalue weighted by Gasteiger charge is -2.59. The van der Waals surface area contributed by atoms with Gasteiger partial charge in [-0.15, -0.1) is 0 Å². The number of ether oxygens (including phenoxy) is 1. The summed E-state index contributed by atoms with van der Waals surface area (Å²) in [5.74, 6) is -0.775. The fourth-order valence-corrected chi connectivity index (χ4v) is 9.48. The smallest absolute Gasteiger partial charge is 0.324 e. The first-order valence-corrected chi connectivity index (χ1v) is 18.9. The van der Waals surface area contributed by atoms with Crippen LogP contribution in [0.5, 0.6) is 0 Å². The van der Waals surface area contributed by atoms with Gasteiger partial charge in [0.25, 0.3) is 0 Å². The van der Waals surface area contributed by atoms with E-state index in [-0.39, 0.29) is 18.2 Å². The van der Waals surface area contributed by atoms with Crippen molar-refractivity contribution in [3.8, 4) is 0 Å².